The zero-order valence-corrected chi connectivity index (χ0v) is 32.8. The van der Waals surface area contributed by atoms with Crippen LogP contribution in [0.25, 0.3) is 11.5 Å². The predicted octanol–water partition coefficient (Wildman–Crippen LogP) is 9.66. The van der Waals surface area contributed by atoms with Gasteiger partial charge in [0, 0.05) is 11.8 Å². The minimum absolute atomic E-state index is 0.00572. The molecule has 1 N–H and O–H groups in total. The van der Waals surface area contributed by atoms with Gasteiger partial charge in [-0.1, -0.05) is 54.5 Å². The quantitative estimate of drug-likeness (QED) is 0.279. The van der Waals surface area contributed by atoms with Crippen LogP contribution in [0, 0.1) is 62.4 Å². The Morgan fingerprint density at radius 1 is 0.943 bits per heavy atom. The van der Waals surface area contributed by atoms with Crippen LogP contribution in [-0.2, 0) is 24.5 Å². The highest BCUT2D eigenvalue weighted by Crippen LogP contribution is 2.76. The zero-order valence-electron chi connectivity index (χ0n) is 32.8. The number of Topliss-reactive ketones (excluding diaryl/α,β-unsaturated/α-hetero) is 1. The molecule has 4 saturated carbocycles. The Morgan fingerprint density at radius 3 is 2.26 bits per heavy atom. The number of hydrogen-bond donors (Lipinski definition) is 1. The van der Waals surface area contributed by atoms with Crippen molar-refractivity contribution in [3.8, 4) is 11.5 Å². The molecule has 4 fully saturated rings. The summed E-state index contributed by atoms with van der Waals surface area (Å²) >= 11 is 0. The van der Waals surface area contributed by atoms with Crippen LogP contribution in [-0.4, -0.2) is 39.1 Å². The Balaban J connectivity index is 1.22. The van der Waals surface area contributed by atoms with Crippen LogP contribution in [0.2, 0.25) is 0 Å². The number of esters is 1. The van der Waals surface area contributed by atoms with E-state index in [-0.39, 0.29) is 75.6 Å². The first-order valence-corrected chi connectivity index (χ1v) is 19.6. The second kappa shape index (κ2) is 12.3. The summed E-state index contributed by atoms with van der Waals surface area (Å²) in [6, 6.07) is 3.65. The number of benzene rings is 1. The number of carboxylic acid groups (broad SMARTS) is 1. The van der Waals surface area contributed by atoms with Crippen LogP contribution in [0.4, 0.5) is 8.78 Å². The van der Waals surface area contributed by atoms with Crippen molar-refractivity contribution in [2.75, 3.05) is 0 Å². The minimum atomic E-state index is -1.19. The summed E-state index contributed by atoms with van der Waals surface area (Å²) in [6.45, 7) is 19.1. The molecule has 5 aliphatic carbocycles. The third-order valence-electron chi connectivity index (χ3n) is 15.8. The summed E-state index contributed by atoms with van der Waals surface area (Å²) in [5, 5.41) is 18.2. The molecule has 0 spiro atoms. The molecule has 1 heterocycles. The lowest BCUT2D eigenvalue weighted by molar-refractivity contribution is -0.232. The lowest BCUT2D eigenvalue weighted by Crippen LogP contribution is -2.66. The molecule has 1 aromatic heterocycles. The highest BCUT2D eigenvalue weighted by molar-refractivity contribution is 6.01. The van der Waals surface area contributed by atoms with Gasteiger partial charge in [-0.25, -0.2) is 8.78 Å². The number of rotatable bonds is 7. The number of ketones is 1. The smallest absolute Gasteiger partial charge is 0.309 e. The van der Waals surface area contributed by atoms with Crippen LogP contribution >= 0.6 is 0 Å². The summed E-state index contributed by atoms with van der Waals surface area (Å²) in [5.74, 6) is -2.04. The van der Waals surface area contributed by atoms with E-state index in [1.807, 2.05) is 0 Å². The Labute approximate surface area is 311 Å². The standard InChI is InChI=1S/C43H56F2N2O6/c1-23(2)32-27(48)21-43(36-47-46-35(53-36)33-25(44)11-10-12-26(33)45)20-19-41(8)24(34(32)43)13-14-29-40(7)17-16-30(52-31(49)22-38(3,4)37(50)51)39(5,6)28(40)15-18-42(29,41)9/h10-12,23-24,28-30H,13-22H2,1-9H3,(H,50,51)/t24-,28+,29-,30+,40+,41-,42-,43?/m1/s1. The Hall–Kier alpha value is -3.43. The molecule has 53 heavy (non-hydrogen) atoms. The molecular weight excluding hydrogens is 678 g/mol. The van der Waals surface area contributed by atoms with E-state index < -0.39 is 34.4 Å². The first-order chi connectivity index (χ1) is 24.6. The van der Waals surface area contributed by atoms with Crippen LogP contribution in [0.15, 0.2) is 33.8 Å². The second-order valence-corrected chi connectivity index (χ2v) is 19.5. The normalized spacial score (nSPS) is 36.4. The largest absolute Gasteiger partial charge is 0.481 e. The van der Waals surface area contributed by atoms with Crippen LogP contribution in [0.5, 0.6) is 0 Å². The fourth-order valence-electron chi connectivity index (χ4n) is 12.9. The Kier molecular flexibility index (Phi) is 8.78. The van der Waals surface area contributed by atoms with Gasteiger partial charge in [0.1, 0.15) is 23.3 Å². The molecule has 10 heteroatoms. The Morgan fingerprint density at radius 2 is 1.62 bits per heavy atom. The number of nitrogens with zero attached hydrogens (tertiary/aromatic N) is 2. The number of halogens is 2. The molecule has 0 amide bonds. The molecule has 0 radical (unpaired) electrons. The zero-order chi connectivity index (χ0) is 38.7. The van der Waals surface area contributed by atoms with Crippen molar-refractivity contribution < 1.29 is 37.4 Å². The first kappa shape index (κ1) is 37.9. The summed E-state index contributed by atoms with van der Waals surface area (Å²) in [5.41, 5.74) is -0.866. The van der Waals surface area contributed by atoms with Crippen molar-refractivity contribution in [1.82, 2.24) is 10.2 Å². The van der Waals surface area contributed by atoms with E-state index in [1.54, 1.807) is 13.8 Å². The molecule has 1 unspecified atom stereocenters. The van der Waals surface area contributed by atoms with E-state index >= 15 is 0 Å². The van der Waals surface area contributed by atoms with E-state index in [1.165, 1.54) is 18.2 Å². The minimum Gasteiger partial charge on any atom is -0.481 e. The lowest BCUT2D eigenvalue weighted by atomic mass is 9.33. The molecule has 1 aromatic carbocycles. The molecule has 8 atom stereocenters. The summed E-state index contributed by atoms with van der Waals surface area (Å²) in [4.78, 5) is 38.9. The maximum Gasteiger partial charge on any atom is 0.309 e. The topological polar surface area (TPSA) is 120 Å². The van der Waals surface area contributed by atoms with Gasteiger partial charge in [0.25, 0.3) is 5.89 Å². The lowest BCUT2D eigenvalue weighted by Gasteiger charge is -2.72. The summed E-state index contributed by atoms with van der Waals surface area (Å²) in [7, 11) is 0. The number of allylic oxidation sites excluding steroid dienone is 2. The van der Waals surface area contributed by atoms with E-state index in [0.717, 1.165) is 56.1 Å². The number of carbonyl (C=O) groups is 3. The highest BCUT2D eigenvalue weighted by Gasteiger charge is 2.71. The molecule has 5 aliphatic rings. The molecule has 8 nitrogen and oxygen atoms in total. The van der Waals surface area contributed by atoms with Crippen LogP contribution in [0.1, 0.15) is 132 Å². The Bertz CT molecular complexity index is 1880. The molecular formula is C43H56F2N2O6. The number of hydrogen-bond acceptors (Lipinski definition) is 7. The molecule has 288 valence electrons. The van der Waals surface area contributed by atoms with E-state index in [0.29, 0.717) is 18.3 Å². The fraction of sp³-hybridized carbons (Fsp3) is 0.698. The number of carboxylic acids is 1. The van der Waals surface area contributed by atoms with Crippen LogP contribution in [0.3, 0.4) is 0 Å². The SMILES string of the molecule is CC(C)C1=C2[C@H]3CC[C@@H]4[C@@]5(C)CC[C@H](OC(=O)CC(C)(C)C(=O)O)C(C)(C)[C@@H]5CC[C@@]4(C)[C@]3(C)CCC2(c2nnc(-c3c(F)cccc3F)o2)CC1=O. The third kappa shape index (κ3) is 5.33. The average Bonchev–Trinajstić information content (AvgIpc) is 3.66. The van der Waals surface area contributed by atoms with Gasteiger partial charge in [0.05, 0.1) is 17.3 Å². The summed E-state index contributed by atoms with van der Waals surface area (Å²) in [6.07, 6.45) is 6.79. The predicted molar refractivity (Wildman–Crippen MR) is 194 cm³/mol. The van der Waals surface area contributed by atoms with Crippen molar-refractivity contribution >= 4 is 17.7 Å². The van der Waals surface area contributed by atoms with Crippen molar-refractivity contribution in [3.05, 3.63) is 46.9 Å². The van der Waals surface area contributed by atoms with Gasteiger partial charge in [-0.05, 0) is 128 Å². The average molecular weight is 735 g/mol. The van der Waals surface area contributed by atoms with Crippen molar-refractivity contribution in [3.63, 3.8) is 0 Å². The second-order valence-electron chi connectivity index (χ2n) is 19.5. The maximum atomic E-state index is 14.8. The van der Waals surface area contributed by atoms with Gasteiger partial charge >= 0.3 is 11.9 Å². The van der Waals surface area contributed by atoms with Crippen molar-refractivity contribution in [1.29, 1.82) is 0 Å². The number of ether oxygens (including phenoxy) is 1. The van der Waals surface area contributed by atoms with Gasteiger partial charge < -0.3 is 14.3 Å². The monoisotopic (exact) mass is 734 g/mol. The highest BCUT2D eigenvalue weighted by atomic mass is 19.1. The number of fused-ring (bicyclic) bond motifs is 7. The third-order valence-corrected chi connectivity index (χ3v) is 15.8. The van der Waals surface area contributed by atoms with Gasteiger partial charge in [0.15, 0.2) is 5.78 Å². The summed E-state index contributed by atoms with van der Waals surface area (Å²) < 4.78 is 42.1. The van der Waals surface area contributed by atoms with Crippen LogP contribution < -0.4 is 0 Å². The fourth-order valence-corrected chi connectivity index (χ4v) is 12.9. The van der Waals surface area contributed by atoms with E-state index in [2.05, 4.69) is 58.7 Å². The molecule has 2 aromatic rings. The van der Waals surface area contributed by atoms with E-state index in [4.69, 9.17) is 9.15 Å². The molecule has 7 rings (SSSR count). The van der Waals surface area contributed by atoms with Crippen molar-refractivity contribution in [2.45, 2.75) is 138 Å². The number of aliphatic carboxylic acids is 1. The molecule has 0 bridgehead atoms. The molecule has 0 aliphatic heterocycles. The first-order valence-electron chi connectivity index (χ1n) is 19.6. The maximum absolute atomic E-state index is 14.8. The van der Waals surface area contributed by atoms with Gasteiger partial charge in [-0.2, -0.15) is 0 Å². The van der Waals surface area contributed by atoms with E-state index in [9.17, 15) is 28.3 Å². The number of aromatic nitrogens is 2. The van der Waals surface area contributed by atoms with Gasteiger partial charge in [0.2, 0.25) is 5.89 Å². The molecule has 0 saturated heterocycles. The van der Waals surface area contributed by atoms with Gasteiger partial charge in [-0.15, -0.1) is 10.2 Å². The van der Waals surface area contributed by atoms with Gasteiger partial charge in [-0.3, -0.25) is 14.4 Å². The number of carbonyl (C=O) groups excluding carboxylic acids is 2. The van der Waals surface area contributed by atoms with Crippen molar-refractivity contribution in [2.24, 2.45) is 50.7 Å².